The van der Waals surface area contributed by atoms with E-state index in [2.05, 4.69) is 11.3 Å². The molecule has 0 saturated heterocycles. The first-order valence-corrected chi connectivity index (χ1v) is 7.21. The van der Waals surface area contributed by atoms with Crippen molar-refractivity contribution >= 4 is 18.2 Å². The molecule has 0 aliphatic rings. The van der Waals surface area contributed by atoms with Gasteiger partial charge in [0.05, 0.1) is 18.8 Å². The van der Waals surface area contributed by atoms with Crippen molar-refractivity contribution in [2.75, 3.05) is 6.61 Å². The molecule has 0 aromatic heterocycles. The van der Waals surface area contributed by atoms with Gasteiger partial charge in [-0.15, -0.1) is 6.42 Å². The number of ether oxygens (including phenoxy) is 3. The van der Waals surface area contributed by atoms with Gasteiger partial charge in [-0.25, -0.2) is 19.8 Å². The van der Waals surface area contributed by atoms with Gasteiger partial charge in [-0.1, -0.05) is 5.92 Å². The Bertz CT molecular complexity index is 483. The second-order valence-electron chi connectivity index (χ2n) is 5.27. The van der Waals surface area contributed by atoms with Crippen molar-refractivity contribution in [1.29, 1.82) is 0 Å². The maximum atomic E-state index is 12.2. The molecule has 0 spiro atoms. The van der Waals surface area contributed by atoms with Gasteiger partial charge in [-0.2, -0.15) is 5.01 Å². The molecule has 0 radical (unpaired) electrons. The second-order valence-corrected chi connectivity index (χ2v) is 5.27. The highest BCUT2D eigenvalue weighted by Gasteiger charge is 2.45. The average Bonchev–Trinajstić information content (AvgIpc) is 2.42. The van der Waals surface area contributed by atoms with Crippen LogP contribution in [0.2, 0.25) is 0 Å². The molecule has 23 heavy (non-hydrogen) atoms. The first-order valence-electron chi connectivity index (χ1n) is 7.21. The molecule has 8 nitrogen and oxygen atoms in total. The third-order valence-corrected chi connectivity index (χ3v) is 2.47. The van der Waals surface area contributed by atoms with E-state index in [1.807, 2.05) is 0 Å². The Hall–Kier alpha value is -2.43. The maximum Gasteiger partial charge on any atom is 0.431 e. The molecule has 1 atom stereocenters. The Morgan fingerprint density at radius 3 is 2.09 bits per heavy atom. The van der Waals surface area contributed by atoms with E-state index in [1.165, 1.54) is 6.92 Å². The lowest BCUT2D eigenvalue weighted by molar-refractivity contribution is -0.153. The van der Waals surface area contributed by atoms with Crippen LogP contribution in [0.5, 0.6) is 0 Å². The minimum atomic E-state index is -1.89. The molecule has 1 unspecified atom stereocenters. The van der Waals surface area contributed by atoms with Crippen LogP contribution in [-0.4, -0.2) is 47.5 Å². The smallest absolute Gasteiger partial charge is 0.431 e. The summed E-state index contributed by atoms with van der Waals surface area (Å²) in [6.45, 7) is 9.37. The van der Waals surface area contributed by atoms with Crippen molar-refractivity contribution in [3.05, 3.63) is 0 Å². The van der Waals surface area contributed by atoms with Gasteiger partial charge < -0.3 is 14.2 Å². The Labute approximate surface area is 136 Å². The summed E-state index contributed by atoms with van der Waals surface area (Å²) < 4.78 is 14.8. The fourth-order valence-electron chi connectivity index (χ4n) is 1.41. The Kier molecular flexibility index (Phi) is 7.94. The van der Waals surface area contributed by atoms with E-state index in [9.17, 15) is 14.4 Å². The van der Waals surface area contributed by atoms with Crippen LogP contribution in [0, 0.1) is 12.3 Å². The first-order chi connectivity index (χ1) is 10.6. The first kappa shape index (κ1) is 20.6. The minimum absolute atomic E-state index is 0.0552. The summed E-state index contributed by atoms with van der Waals surface area (Å²) >= 11 is 0. The maximum absolute atomic E-state index is 12.2. The lowest BCUT2D eigenvalue weighted by Crippen LogP contribution is -2.62. The van der Waals surface area contributed by atoms with Gasteiger partial charge in [0.25, 0.3) is 0 Å². The highest BCUT2D eigenvalue weighted by molar-refractivity contribution is 5.89. The molecule has 1 N–H and O–H groups in total. The number of amides is 2. The van der Waals surface area contributed by atoms with Gasteiger partial charge >= 0.3 is 18.2 Å². The van der Waals surface area contributed by atoms with Crippen molar-refractivity contribution in [2.45, 2.75) is 59.3 Å². The molecule has 0 aliphatic carbocycles. The molecule has 0 aliphatic heterocycles. The summed E-state index contributed by atoms with van der Waals surface area (Å²) in [6, 6.07) is 0. The largest absolute Gasteiger partial charge is 0.463 e. The number of carbonyl (C=O) groups is 3. The van der Waals surface area contributed by atoms with Crippen LogP contribution in [0.4, 0.5) is 9.59 Å². The summed E-state index contributed by atoms with van der Waals surface area (Å²) in [6.07, 6.45) is 2.51. The average molecular weight is 328 g/mol. The number of terminal acetylenes is 1. The molecule has 0 bridgehead atoms. The summed E-state index contributed by atoms with van der Waals surface area (Å²) in [5.41, 5.74) is 0.248. The standard InChI is InChI=1S/C15H24N2O6/c1-8-15(7,12(18)21-9-2)17(14(20)23-11(5)6)16-13(19)22-10(3)4/h1,10-11H,9H2,2-7H3,(H,16,19). The van der Waals surface area contributed by atoms with E-state index in [1.54, 1.807) is 34.6 Å². The second kappa shape index (κ2) is 8.88. The molecule has 0 rings (SSSR count). The van der Waals surface area contributed by atoms with Crippen molar-refractivity contribution in [3.8, 4) is 12.3 Å². The van der Waals surface area contributed by atoms with E-state index in [4.69, 9.17) is 20.6 Å². The van der Waals surface area contributed by atoms with E-state index < -0.39 is 35.9 Å². The van der Waals surface area contributed by atoms with Crippen LogP contribution in [-0.2, 0) is 19.0 Å². The van der Waals surface area contributed by atoms with E-state index in [-0.39, 0.29) is 6.61 Å². The normalized spacial score (nSPS) is 12.8. The van der Waals surface area contributed by atoms with Crippen LogP contribution in [0.3, 0.4) is 0 Å². The van der Waals surface area contributed by atoms with Crippen molar-refractivity contribution in [3.63, 3.8) is 0 Å². The lowest BCUT2D eigenvalue weighted by atomic mass is 10.0. The number of hydrogen-bond acceptors (Lipinski definition) is 6. The molecule has 0 heterocycles. The number of rotatable bonds is 5. The minimum Gasteiger partial charge on any atom is -0.463 e. The number of nitrogens with one attached hydrogen (secondary N) is 1. The summed E-state index contributed by atoms with van der Waals surface area (Å²) in [7, 11) is 0. The highest BCUT2D eigenvalue weighted by atomic mass is 16.6. The number of nitrogens with zero attached hydrogens (tertiary/aromatic N) is 1. The molecule has 2 amide bonds. The van der Waals surface area contributed by atoms with Crippen LogP contribution in [0.1, 0.15) is 41.5 Å². The van der Waals surface area contributed by atoms with Crippen LogP contribution in [0.15, 0.2) is 0 Å². The number of hydrogen-bond donors (Lipinski definition) is 1. The zero-order chi connectivity index (χ0) is 18.2. The van der Waals surface area contributed by atoms with Crippen molar-refractivity contribution in [1.82, 2.24) is 10.4 Å². The van der Waals surface area contributed by atoms with Crippen LogP contribution in [0.25, 0.3) is 0 Å². The van der Waals surface area contributed by atoms with Gasteiger partial charge in [0, 0.05) is 0 Å². The third-order valence-electron chi connectivity index (χ3n) is 2.47. The Morgan fingerprint density at radius 1 is 1.17 bits per heavy atom. The summed E-state index contributed by atoms with van der Waals surface area (Å²) in [5, 5.41) is 0.593. The van der Waals surface area contributed by atoms with E-state index >= 15 is 0 Å². The monoisotopic (exact) mass is 328 g/mol. The molecular weight excluding hydrogens is 304 g/mol. The Morgan fingerprint density at radius 2 is 1.70 bits per heavy atom. The molecule has 0 saturated carbocycles. The zero-order valence-corrected chi connectivity index (χ0v) is 14.3. The molecule has 0 fully saturated rings. The van der Waals surface area contributed by atoms with Gasteiger partial charge in [-0.05, 0) is 41.5 Å². The van der Waals surface area contributed by atoms with Crippen LogP contribution >= 0.6 is 0 Å². The quantitative estimate of drug-likeness (QED) is 0.358. The molecular formula is C15H24N2O6. The Balaban J connectivity index is 5.54. The van der Waals surface area contributed by atoms with Gasteiger partial charge in [0.1, 0.15) is 0 Å². The lowest BCUT2D eigenvalue weighted by Gasteiger charge is -2.34. The zero-order valence-electron chi connectivity index (χ0n) is 14.3. The predicted octanol–water partition coefficient (Wildman–Crippen LogP) is 1.84. The third kappa shape index (κ3) is 6.06. The van der Waals surface area contributed by atoms with E-state index in [0.717, 1.165) is 0 Å². The predicted molar refractivity (Wildman–Crippen MR) is 82.1 cm³/mol. The number of carbonyl (C=O) groups excluding carboxylic acids is 3. The SMILES string of the molecule is C#CC(C)(C(=O)OCC)N(NC(=O)OC(C)C)C(=O)OC(C)C. The van der Waals surface area contributed by atoms with Crippen LogP contribution < -0.4 is 5.43 Å². The molecule has 130 valence electrons. The number of hydrazine groups is 1. The summed E-state index contributed by atoms with van der Waals surface area (Å²) in [4.78, 5) is 36.1. The summed E-state index contributed by atoms with van der Waals surface area (Å²) in [5.74, 6) is 1.27. The molecule has 0 aromatic carbocycles. The molecule has 8 heteroatoms. The fourth-order valence-corrected chi connectivity index (χ4v) is 1.41. The highest BCUT2D eigenvalue weighted by Crippen LogP contribution is 2.17. The molecule has 0 aromatic rings. The fraction of sp³-hybridized carbons (Fsp3) is 0.667. The van der Waals surface area contributed by atoms with Crippen molar-refractivity contribution in [2.24, 2.45) is 0 Å². The van der Waals surface area contributed by atoms with Gasteiger partial charge in [0.15, 0.2) is 0 Å². The van der Waals surface area contributed by atoms with Gasteiger partial charge in [0.2, 0.25) is 5.54 Å². The topological polar surface area (TPSA) is 94.2 Å². The van der Waals surface area contributed by atoms with Crippen molar-refractivity contribution < 1.29 is 28.6 Å². The number of esters is 1. The van der Waals surface area contributed by atoms with Gasteiger partial charge in [-0.3, -0.25) is 0 Å². The van der Waals surface area contributed by atoms with E-state index in [0.29, 0.717) is 5.01 Å².